The summed E-state index contributed by atoms with van der Waals surface area (Å²) in [6.45, 7) is 0.727. The van der Waals surface area contributed by atoms with Crippen LogP contribution >= 0.6 is 0 Å². The van der Waals surface area contributed by atoms with Crippen LogP contribution in [0.25, 0.3) is 22.4 Å². The van der Waals surface area contributed by atoms with Crippen LogP contribution < -0.4 is 9.47 Å². The summed E-state index contributed by atoms with van der Waals surface area (Å²) in [7, 11) is 0. The van der Waals surface area contributed by atoms with Gasteiger partial charge in [-0.1, -0.05) is 0 Å². The molecule has 1 aliphatic heterocycles. The van der Waals surface area contributed by atoms with E-state index in [0.29, 0.717) is 18.0 Å². The number of aliphatic hydroxyl groups excluding tert-OH is 1. The Labute approximate surface area is 120 Å². The Morgan fingerprint density at radius 2 is 2.10 bits per heavy atom. The molecule has 3 aromatic rings. The second-order valence-corrected chi connectivity index (χ2v) is 4.75. The highest BCUT2D eigenvalue weighted by Gasteiger charge is 2.19. The van der Waals surface area contributed by atoms with Gasteiger partial charge in [0.1, 0.15) is 5.82 Å². The molecule has 0 saturated heterocycles. The van der Waals surface area contributed by atoms with Crippen molar-refractivity contribution in [2.24, 2.45) is 0 Å². The van der Waals surface area contributed by atoms with E-state index in [4.69, 9.17) is 9.47 Å². The van der Waals surface area contributed by atoms with Gasteiger partial charge in [-0.25, -0.2) is 4.98 Å². The van der Waals surface area contributed by atoms with E-state index in [2.05, 4.69) is 9.97 Å². The Morgan fingerprint density at radius 1 is 1.24 bits per heavy atom. The number of pyridine rings is 1. The molecule has 0 saturated carbocycles. The molecule has 0 bridgehead atoms. The molecule has 6 heteroatoms. The zero-order valence-electron chi connectivity index (χ0n) is 11.2. The summed E-state index contributed by atoms with van der Waals surface area (Å²) in [5.41, 5.74) is 2.63. The molecule has 21 heavy (non-hydrogen) atoms. The van der Waals surface area contributed by atoms with Crippen molar-refractivity contribution in [2.75, 3.05) is 13.4 Å². The fraction of sp³-hybridized carbons (Fsp3) is 0.200. The van der Waals surface area contributed by atoms with Gasteiger partial charge in [0.05, 0.1) is 17.6 Å². The van der Waals surface area contributed by atoms with Gasteiger partial charge in [0, 0.05) is 36.6 Å². The first-order chi connectivity index (χ1) is 10.4. The lowest BCUT2D eigenvalue weighted by atomic mass is 10.2. The molecule has 1 aliphatic rings. The van der Waals surface area contributed by atoms with Gasteiger partial charge in [0.25, 0.3) is 0 Å². The Balaban J connectivity index is 1.96. The minimum absolute atomic E-state index is 0.0349. The average molecular weight is 283 g/mol. The number of hydrogen-bond acceptors (Lipinski definition) is 5. The van der Waals surface area contributed by atoms with Gasteiger partial charge in [-0.2, -0.15) is 0 Å². The summed E-state index contributed by atoms with van der Waals surface area (Å²) in [6.07, 6.45) is 3.48. The van der Waals surface area contributed by atoms with Gasteiger partial charge < -0.3 is 19.1 Å². The Morgan fingerprint density at radius 3 is 2.86 bits per heavy atom. The fourth-order valence-electron chi connectivity index (χ4n) is 2.56. The summed E-state index contributed by atoms with van der Waals surface area (Å²) in [5, 5.41) is 9.34. The van der Waals surface area contributed by atoms with E-state index in [1.807, 2.05) is 28.8 Å². The third-order valence-electron chi connectivity index (χ3n) is 3.49. The third-order valence-corrected chi connectivity index (χ3v) is 3.49. The lowest BCUT2D eigenvalue weighted by molar-refractivity contribution is 0.174. The normalized spacial score (nSPS) is 13.0. The van der Waals surface area contributed by atoms with Gasteiger partial charge in [-0.3, -0.25) is 4.98 Å². The number of aromatic nitrogens is 3. The van der Waals surface area contributed by atoms with E-state index in [0.717, 1.165) is 22.4 Å². The van der Waals surface area contributed by atoms with Crippen molar-refractivity contribution in [2.45, 2.75) is 6.54 Å². The minimum Gasteiger partial charge on any atom is -0.454 e. The van der Waals surface area contributed by atoms with Gasteiger partial charge in [-0.05, 0) is 12.1 Å². The largest absolute Gasteiger partial charge is 0.454 e. The number of hydrogen-bond donors (Lipinski definition) is 1. The van der Waals surface area contributed by atoms with Gasteiger partial charge in [0.2, 0.25) is 6.79 Å². The maximum Gasteiger partial charge on any atom is 0.231 e. The molecule has 0 aliphatic carbocycles. The highest BCUT2D eigenvalue weighted by atomic mass is 16.7. The van der Waals surface area contributed by atoms with Gasteiger partial charge in [0.15, 0.2) is 11.5 Å². The molecule has 0 radical (unpaired) electrons. The molecule has 0 atom stereocenters. The van der Waals surface area contributed by atoms with Crippen molar-refractivity contribution in [3.8, 4) is 22.9 Å². The smallest absolute Gasteiger partial charge is 0.231 e. The Kier molecular flexibility index (Phi) is 2.75. The zero-order valence-corrected chi connectivity index (χ0v) is 11.2. The topological polar surface area (TPSA) is 69.4 Å². The molecule has 0 spiro atoms. The van der Waals surface area contributed by atoms with E-state index in [1.54, 1.807) is 12.4 Å². The maximum absolute atomic E-state index is 9.34. The van der Waals surface area contributed by atoms with E-state index >= 15 is 0 Å². The summed E-state index contributed by atoms with van der Waals surface area (Å²) < 4.78 is 12.8. The van der Waals surface area contributed by atoms with E-state index in [-0.39, 0.29) is 13.4 Å². The Hall–Kier alpha value is -2.60. The van der Waals surface area contributed by atoms with Crippen LogP contribution in [0.3, 0.4) is 0 Å². The number of aliphatic hydroxyl groups is 1. The number of rotatable bonds is 3. The van der Waals surface area contributed by atoms with Crippen LogP contribution in [-0.2, 0) is 6.54 Å². The number of benzene rings is 1. The molecule has 1 aromatic carbocycles. The highest BCUT2D eigenvalue weighted by molar-refractivity contribution is 5.84. The first-order valence-corrected chi connectivity index (χ1v) is 6.68. The highest BCUT2D eigenvalue weighted by Crippen LogP contribution is 2.37. The predicted molar refractivity (Wildman–Crippen MR) is 76.2 cm³/mol. The summed E-state index contributed by atoms with van der Waals surface area (Å²) in [6, 6.07) is 7.58. The number of nitrogens with zero attached hydrogens (tertiary/aromatic N) is 3. The fourth-order valence-corrected chi connectivity index (χ4v) is 2.56. The van der Waals surface area contributed by atoms with Crippen LogP contribution in [0.2, 0.25) is 0 Å². The summed E-state index contributed by atoms with van der Waals surface area (Å²) >= 11 is 0. The van der Waals surface area contributed by atoms with Crippen molar-refractivity contribution in [3.63, 3.8) is 0 Å². The van der Waals surface area contributed by atoms with E-state index in [1.165, 1.54) is 0 Å². The quantitative estimate of drug-likeness (QED) is 0.794. The molecule has 4 rings (SSSR count). The molecular weight excluding hydrogens is 270 g/mol. The molecule has 0 fully saturated rings. The van der Waals surface area contributed by atoms with E-state index < -0.39 is 0 Å². The first kappa shape index (κ1) is 12.2. The van der Waals surface area contributed by atoms with Crippen LogP contribution in [0.1, 0.15) is 0 Å². The van der Waals surface area contributed by atoms with Crippen molar-refractivity contribution in [3.05, 3.63) is 36.7 Å². The van der Waals surface area contributed by atoms with Crippen LogP contribution in [0.15, 0.2) is 36.7 Å². The molecule has 2 aromatic heterocycles. The molecular formula is C15H13N3O3. The summed E-state index contributed by atoms with van der Waals surface area (Å²) in [5.74, 6) is 2.18. The van der Waals surface area contributed by atoms with Crippen molar-refractivity contribution >= 4 is 11.0 Å². The Bertz CT molecular complexity index is 799. The molecule has 6 nitrogen and oxygen atoms in total. The standard InChI is InChI=1S/C15H13N3O3/c19-5-4-18-12-7-14-13(20-9-21-14)6-11(12)17-15(18)10-2-1-3-16-8-10/h1-3,6-8,19H,4-5,9H2. The first-order valence-electron chi connectivity index (χ1n) is 6.68. The summed E-state index contributed by atoms with van der Waals surface area (Å²) in [4.78, 5) is 8.79. The second-order valence-electron chi connectivity index (χ2n) is 4.75. The molecule has 0 unspecified atom stereocenters. The SMILES string of the molecule is OCCn1c(-c2cccnc2)nc2cc3c(cc21)OCO3. The molecule has 1 N–H and O–H groups in total. The maximum atomic E-state index is 9.34. The van der Waals surface area contributed by atoms with E-state index in [9.17, 15) is 5.11 Å². The van der Waals surface area contributed by atoms with Gasteiger partial charge >= 0.3 is 0 Å². The number of fused-ring (bicyclic) bond motifs is 2. The second kappa shape index (κ2) is 4.75. The molecule has 0 amide bonds. The number of ether oxygens (including phenoxy) is 2. The third kappa shape index (κ3) is 1.92. The van der Waals surface area contributed by atoms with Crippen LogP contribution in [0, 0.1) is 0 Å². The minimum atomic E-state index is 0.0349. The van der Waals surface area contributed by atoms with Crippen LogP contribution in [0.5, 0.6) is 11.5 Å². The molecule has 3 heterocycles. The predicted octanol–water partition coefficient (Wildman–Crippen LogP) is 1.82. The number of imidazole rings is 1. The average Bonchev–Trinajstić information content (AvgIpc) is 3.11. The van der Waals surface area contributed by atoms with Crippen molar-refractivity contribution < 1.29 is 14.6 Å². The van der Waals surface area contributed by atoms with Crippen molar-refractivity contribution in [1.29, 1.82) is 0 Å². The zero-order chi connectivity index (χ0) is 14.2. The van der Waals surface area contributed by atoms with Crippen LogP contribution in [0.4, 0.5) is 0 Å². The van der Waals surface area contributed by atoms with Crippen molar-refractivity contribution in [1.82, 2.24) is 14.5 Å². The lowest BCUT2D eigenvalue weighted by Crippen LogP contribution is -2.04. The lowest BCUT2D eigenvalue weighted by Gasteiger charge is -2.07. The monoisotopic (exact) mass is 283 g/mol. The van der Waals surface area contributed by atoms with Crippen LogP contribution in [-0.4, -0.2) is 33.0 Å². The molecule has 106 valence electrons. The van der Waals surface area contributed by atoms with Gasteiger partial charge in [-0.15, -0.1) is 0 Å².